The van der Waals surface area contributed by atoms with Gasteiger partial charge in [-0.1, -0.05) is 41.3 Å². The third kappa shape index (κ3) is 3.95. The molecule has 0 radical (unpaired) electrons. The van der Waals surface area contributed by atoms with Gasteiger partial charge in [-0.3, -0.25) is 4.79 Å². The standard InChI is InChI=1S/C14H16N4OS2/c19-12(15-11-6-2-1-3-7-11)10-20-14-17-16-13(21-14)18-8-4-5-9-18/h1-3,6-7H,4-5,8-10H2,(H,15,19). The van der Waals surface area contributed by atoms with Gasteiger partial charge in [0.2, 0.25) is 11.0 Å². The average Bonchev–Trinajstić information content (AvgIpc) is 3.17. The van der Waals surface area contributed by atoms with Crippen molar-refractivity contribution in [2.45, 2.75) is 17.2 Å². The third-order valence-electron chi connectivity index (χ3n) is 3.16. The zero-order valence-electron chi connectivity index (χ0n) is 11.5. The van der Waals surface area contributed by atoms with Gasteiger partial charge in [0.25, 0.3) is 0 Å². The number of hydrogen-bond donors (Lipinski definition) is 1. The highest BCUT2D eigenvalue weighted by molar-refractivity contribution is 8.01. The Kier molecular flexibility index (Phi) is 4.72. The van der Waals surface area contributed by atoms with Gasteiger partial charge in [-0.25, -0.2) is 0 Å². The van der Waals surface area contributed by atoms with Crippen molar-refractivity contribution in [2.24, 2.45) is 0 Å². The Labute approximate surface area is 131 Å². The Morgan fingerprint density at radius 1 is 1.24 bits per heavy atom. The molecule has 0 bridgehead atoms. The molecule has 3 rings (SSSR count). The molecule has 1 aliphatic heterocycles. The minimum Gasteiger partial charge on any atom is -0.347 e. The lowest BCUT2D eigenvalue weighted by Gasteiger charge is -2.10. The fraction of sp³-hybridized carbons (Fsp3) is 0.357. The summed E-state index contributed by atoms with van der Waals surface area (Å²) in [6.45, 7) is 2.13. The van der Waals surface area contributed by atoms with Crippen LogP contribution in [0.4, 0.5) is 10.8 Å². The zero-order valence-corrected chi connectivity index (χ0v) is 13.1. The first-order valence-corrected chi connectivity index (χ1v) is 8.67. The normalized spacial score (nSPS) is 14.4. The SMILES string of the molecule is O=C(CSc1nnc(N2CCCC2)s1)Nc1ccccc1. The summed E-state index contributed by atoms with van der Waals surface area (Å²) >= 11 is 3.00. The number of anilines is 2. The number of thioether (sulfide) groups is 1. The van der Waals surface area contributed by atoms with Crippen LogP contribution in [0.3, 0.4) is 0 Å². The van der Waals surface area contributed by atoms with Crippen molar-refractivity contribution in [2.75, 3.05) is 29.1 Å². The lowest BCUT2D eigenvalue weighted by Crippen LogP contribution is -2.17. The van der Waals surface area contributed by atoms with E-state index in [9.17, 15) is 4.79 Å². The first-order valence-electron chi connectivity index (χ1n) is 6.87. The summed E-state index contributed by atoms with van der Waals surface area (Å²) in [5.41, 5.74) is 0.818. The molecule has 1 fully saturated rings. The third-order valence-corrected chi connectivity index (χ3v) is 5.27. The number of carbonyl (C=O) groups is 1. The van der Waals surface area contributed by atoms with Crippen LogP contribution in [-0.2, 0) is 4.79 Å². The summed E-state index contributed by atoms with van der Waals surface area (Å²) in [5.74, 6) is 0.327. The smallest absolute Gasteiger partial charge is 0.234 e. The van der Waals surface area contributed by atoms with Crippen molar-refractivity contribution >= 4 is 39.8 Å². The van der Waals surface area contributed by atoms with Crippen LogP contribution in [0.1, 0.15) is 12.8 Å². The van der Waals surface area contributed by atoms with E-state index in [1.165, 1.54) is 24.6 Å². The molecule has 1 amide bonds. The molecule has 1 aliphatic rings. The molecule has 7 heteroatoms. The van der Waals surface area contributed by atoms with E-state index in [0.717, 1.165) is 28.2 Å². The molecule has 5 nitrogen and oxygen atoms in total. The van der Waals surface area contributed by atoms with E-state index in [4.69, 9.17) is 0 Å². The number of nitrogens with zero attached hydrogens (tertiary/aromatic N) is 3. The molecular formula is C14H16N4OS2. The number of para-hydroxylation sites is 1. The van der Waals surface area contributed by atoms with E-state index in [1.807, 2.05) is 30.3 Å². The molecule has 0 aliphatic carbocycles. The number of aromatic nitrogens is 2. The van der Waals surface area contributed by atoms with Crippen molar-refractivity contribution in [3.63, 3.8) is 0 Å². The average molecular weight is 320 g/mol. The van der Waals surface area contributed by atoms with Gasteiger partial charge in [0.05, 0.1) is 5.75 Å². The Morgan fingerprint density at radius 3 is 2.76 bits per heavy atom. The Hall–Kier alpha value is -1.60. The van der Waals surface area contributed by atoms with Crippen molar-refractivity contribution in [3.8, 4) is 0 Å². The topological polar surface area (TPSA) is 58.1 Å². The first-order chi connectivity index (χ1) is 10.3. The number of amides is 1. The Balaban J connectivity index is 1.49. The predicted molar refractivity (Wildman–Crippen MR) is 87.2 cm³/mol. The van der Waals surface area contributed by atoms with Gasteiger partial charge < -0.3 is 10.2 Å². The zero-order chi connectivity index (χ0) is 14.5. The van der Waals surface area contributed by atoms with Gasteiger partial charge in [0, 0.05) is 18.8 Å². The molecular weight excluding hydrogens is 304 g/mol. The second-order valence-corrected chi connectivity index (χ2v) is 6.93. The van der Waals surface area contributed by atoms with Crippen LogP contribution in [-0.4, -0.2) is 34.9 Å². The molecule has 21 heavy (non-hydrogen) atoms. The fourth-order valence-corrected chi connectivity index (χ4v) is 3.84. The minimum atomic E-state index is -0.0240. The highest BCUT2D eigenvalue weighted by atomic mass is 32.2. The van der Waals surface area contributed by atoms with E-state index in [1.54, 1.807) is 11.3 Å². The summed E-state index contributed by atoms with van der Waals surface area (Å²) < 4.78 is 0.847. The summed E-state index contributed by atoms with van der Waals surface area (Å²) in [6, 6.07) is 9.47. The lowest BCUT2D eigenvalue weighted by molar-refractivity contribution is -0.113. The van der Waals surface area contributed by atoms with Gasteiger partial charge in [-0.15, -0.1) is 10.2 Å². The lowest BCUT2D eigenvalue weighted by atomic mass is 10.3. The van der Waals surface area contributed by atoms with Crippen LogP contribution in [0.5, 0.6) is 0 Å². The summed E-state index contributed by atoms with van der Waals surface area (Å²) in [4.78, 5) is 14.1. The molecule has 2 heterocycles. The molecule has 0 atom stereocenters. The van der Waals surface area contributed by atoms with Gasteiger partial charge in [0.15, 0.2) is 4.34 Å². The molecule has 1 aromatic carbocycles. The first kappa shape index (κ1) is 14.3. The van der Waals surface area contributed by atoms with Crippen LogP contribution in [0.2, 0.25) is 0 Å². The maximum Gasteiger partial charge on any atom is 0.234 e. The van der Waals surface area contributed by atoms with Crippen LogP contribution in [0.25, 0.3) is 0 Å². The Bertz CT molecular complexity index is 596. The quantitative estimate of drug-likeness (QED) is 0.859. The molecule has 2 aromatic rings. The molecule has 0 saturated carbocycles. The van der Waals surface area contributed by atoms with Crippen LogP contribution >= 0.6 is 23.1 Å². The Morgan fingerprint density at radius 2 is 2.00 bits per heavy atom. The maximum atomic E-state index is 11.9. The molecule has 110 valence electrons. The molecule has 0 unspecified atom stereocenters. The molecule has 0 spiro atoms. The molecule has 1 saturated heterocycles. The highest BCUT2D eigenvalue weighted by Gasteiger charge is 2.17. The summed E-state index contributed by atoms with van der Waals surface area (Å²) in [5, 5.41) is 12.2. The number of rotatable bonds is 5. The number of hydrogen-bond acceptors (Lipinski definition) is 6. The van der Waals surface area contributed by atoms with Gasteiger partial charge in [-0.2, -0.15) is 0 Å². The minimum absolute atomic E-state index is 0.0240. The second kappa shape index (κ2) is 6.91. The number of nitrogens with one attached hydrogen (secondary N) is 1. The van der Waals surface area contributed by atoms with E-state index >= 15 is 0 Å². The summed E-state index contributed by atoms with van der Waals surface area (Å²) in [6.07, 6.45) is 2.45. The van der Waals surface area contributed by atoms with Gasteiger partial charge in [0.1, 0.15) is 0 Å². The largest absolute Gasteiger partial charge is 0.347 e. The molecule has 1 N–H and O–H groups in total. The van der Waals surface area contributed by atoms with Crippen molar-refractivity contribution in [1.29, 1.82) is 0 Å². The summed E-state index contributed by atoms with van der Waals surface area (Å²) in [7, 11) is 0. The van der Waals surface area contributed by atoms with E-state index in [-0.39, 0.29) is 5.91 Å². The van der Waals surface area contributed by atoms with E-state index in [0.29, 0.717) is 5.75 Å². The molecule has 1 aromatic heterocycles. The van der Waals surface area contributed by atoms with Crippen molar-refractivity contribution in [1.82, 2.24) is 10.2 Å². The highest BCUT2D eigenvalue weighted by Crippen LogP contribution is 2.29. The van der Waals surface area contributed by atoms with E-state index in [2.05, 4.69) is 20.4 Å². The van der Waals surface area contributed by atoms with Gasteiger partial charge >= 0.3 is 0 Å². The number of carbonyl (C=O) groups excluding carboxylic acids is 1. The van der Waals surface area contributed by atoms with Crippen LogP contribution in [0, 0.1) is 0 Å². The van der Waals surface area contributed by atoms with E-state index < -0.39 is 0 Å². The van der Waals surface area contributed by atoms with Crippen molar-refractivity contribution in [3.05, 3.63) is 30.3 Å². The fourth-order valence-electron chi connectivity index (χ4n) is 2.14. The monoisotopic (exact) mass is 320 g/mol. The maximum absolute atomic E-state index is 11.9. The van der Waals surface area contributed by atoms with Crippen LogP contribution in [0.15, 0.2) is 34.7 Å². The van der Waals surface area contributed by atoms with Crippen LogP contribution < -0.4 is 10.2 Å². The second-order valence-electron chi connectivity index (χ2n) is 4.75. The predicted octanol–water partition coefficient (Wildman–Crippen LogP) is 2.87. The number of benzene rings is 1. The van der Waals surface area contributed by atoms with Gasteiger partial charge in [-0.05, 0) is 25.0 Å². The van der Waals surface area contributed by atoms with Crippen molar-refractivity contribution < 1.29 is 4.79 Å².